The van der Waals surface area contributed by atoms with E-state index in [0.717, 1.165) is 6.07 Å². The van der Waals surface area contributed by atoms with E-state index in [4.69, 9.17) is 9.84 Å². The molecular weight excluding hydrogens is 315 g/mol. The predicted octanol–water partition coefficient (Wildman–Crippen LogP) is 2.24. The highest BCUT2D eigenvalue weighted by Gasteiger charge is 2.34. The standard InChI is InChI=1S/C15H20F3NO4/c1-3-12(14(21)22)19(2)8-10(20)9-23-13-7-5-4-6-11(13)15(16,17)18/h4-7,10,12,20H,3,8-9H2,1-2H3,(H,21,22). The van der Waals surface area contributed by atoms with E-state index in [1.165, 1.54) is 30.1 Å². The summed E-state index contributed by atoms with van der Waals surface area (Å²) in [5.74, 6) is -1.39. The number of nitrogens with zero attached hydrogens (tertiary/aromatic N) is 1. The number of carboxylic acid groups (broad SMARTS) is 1. The molecule has 0 saturated heterocycles. The Morgan fingerprint density at radius 2 is 1.96 bits per heavy atom. The number of carbonyl (C=O) groups is 1. The lowest BCUT2D eigenvalue weighted by Gasteiger charge is -2.26. The summed E-state index contributed by atoms with van der Waals surface area (Å²) in [6.45, 7) is 1.30. The Labute approximate surface area is 132 Å². The van der Waals surface area contributed by atoms with Gasteiger partial charge in [0.2, 0.25) is 0 Å². The second-order valence-electron chi connectivity index (χ2n) is 5.16. The molecule has 0 aliphatic rings. The molecule has 1 rings (SSSR count). The van der Waals surface area contributed by atoms with E-state index in [9.17, 15) is 23.1 Å². The number of aliphatic carboxylic acids is 1. The normalized spacial score (nSPS) is 14.6. The SMILES string of the molecule is CCC(C(=O)O)N(C)CC(O)COc1ccccc1C(F)(F)F. The zero-order valence-corrected chi connectivity index (χ0v) is 12.9. The molecule has 2 atom stereocenters. The number of halogens is 3. The van der Waals surface area contributed by atoms with E-state index >= 15 is 0 Å². The molecule has 23 heavy (non-hydrogen) atoms. The molecule has 0 spiro atoms. The molecule has 0 radical (unpaired) electrons. The molecular formula is C15H20F3NO4. The predicted molar refractivity (Wildman–Crippen MR) is 77.3 cm³/mol. The van der Waals surface area contributed by atoms with Crippen molar-refractivity contribution in [2.45, 2.75) is 31.7 Å². The van der Waals surface area contributed by atoms with Crippen molar-refractivity contribution >= 4 is 5.97 Å². The van der Waals surface area contributed by atoms with Gasteiger partial charge in [-0.05, 0) is 25.6 Å². The maximum absolute atomic E-state index is 12.8. The molecule has 2 unspecified atom stereocenters. The summed E-state index contributed by atoms with van der Waals surface area (Å²) in [7, 11) is 1.52. The third-order valence-corrected chi connectivity index (χ3v) is 3.33. The first-order valence-corrected chi connectivity index (χ1v) is 7.07. The molecule has 0 amide bonds. The van der Waals surface area contributed by atoms with Crippen LogP contribution in [0.5, 0.6) is 5.75 Å². The highest BCUT2D eigenvalue weighted by atomic mass is 19.4. The smallest absolute Gasteiger partial charge is 0.419 e. The van der Waals surface area contributed by atoms with Crippen LogP contribution in [-0.2, 0) is 11.0 Å². The van der Waals surface area contributed by atoms with Crippen molar-refractivity contribution in [1.82, 2.24) is 4.90 Å². The van der Waals surface area contributed by atoms with Gasteiger partial charge in [-0.3, -0.25) is 9.69 Å². The number of para-hydroxylation sites is 1. The number of carboxylic acids is 1. The van der Waals surface area contributed by atoms with E-state index in [2.05, 4.69) is 0 Å². The van der Waals surface area contributed by atoms with Gasteiger partial charge in [-0.1, -0.05) is 19.1 Å². The lowest BCUT2D eigenvalue weighted by Crippen LogP contribution is -2.43. The van der Waals surface area contributed by atoms with Crippen LogP contribution in [-0.4, -0.2) is 53.4 Å². The van der Waals surface area contributed by atoms with E-state index in [1.807, 2.05) is 0 Å². The Kier molecular flexibility index (Phi) is 6.83. The van der Waals surface area contributed by atoms with Gasteiger partial charge in [0.1, 0.15) is 24.5 Å². The molecule has 0 aliphatic heterocycles. The second kappa shape index (κ2) is 8.16. The quantitative estimate of drug-likeness (QED) is 0.762. The molecule has 0 fully saturated rings. The first kappa shape index (κ1) is 19.2. The minimum Gasteiger partial charge on any atom is -0.490 e. The number of aliphatic hydroxyl groups excluding tert-OH is 1. The summed E-state index contributed by atoms with van der Waals surface area (Å²) in [5, 5.41) is 18.9. The lowest BCUT2D eigenvalue weighted by molar-refractivity contribution is -0.143. The fourth-order valence-electron chi connectivity index (χ4n) is 2.20. The van der Waals surface area contributed by atoms with Crippen LogP contribution in [0.2, 0.25) is 0 Å². The zero-order valence-electron chi connectivity index (χ0n) is 12.9. The topological polar surface area (TPSA) is 70.0 Å². The fraction of sp³-hybridized carbons (Fsp3) is 0.533. The number of benzene rings is 1. The number of hydrogen-bond acceptors (Lipinski definition) is 4. The monoisotopic (exact) mass is 335 g/mol. The summed E-state index contributed by atoms with van der Waals surface area (Å²) in [6.07, 6.45) is -5.32. The summed E-state index contributed by atoms with van der Waals surface area (Å²) < 4.78 is 43.5. The van der Waals surface area contributed by atoms with Gasteiger partial charge < -0.3 is 14.9 Å². The summed E-state index contributed by atoms with van der Waals surface area (Å²) in [6, 6.07) is 3.95. The molecule has 0 saturated carbocycles. The van der Waals surface area contributed by atoms with E-state index < -0.39 is 29.9 Å². The average molecular weight is 335 g/mol. The van der Waals surface area contributed by atoms with Crippen molar-refractivity contribution in [2.75, 3.05) is 20.2 Å². The first-order valence-electron chi connectivity index (χ1n) is 7.07. The van der Waals surface area contributed by atoms with Crippen molar-refractivity contribution in [1.29, 1.82) is 0 Å². The number of hydrogen-bond donors (Lipinski definition) is 2. The van der Waals surface area contributed by atoms with Crippen LogP contribution in [0.3, 0.4) is 0 Å². The van der Waals surface area contributed by atoms with Crippen LogP contribution in [0.4, 0.5) is 13.2 Å². The van der Waals surface area contributed by atoms with Crippen LogP contribution >= 0.6 is 0 Å². The Bertz CT molecular complexity index is 522. The van der Waals surface area contributed by atoms with Crippen LogP contribution in [0.1, 0.15) is 18.9 Å². The van der Waals surface area contributed by atoms with Crippen molar-refractivity contribution in [3.8, 4) is 5.75 Å². The number of alkyl halides is 3. The third-order valence-electron chi connectivity index (χ3n) is 3.33. The molecule has 0 aliphatic carbocycles. The lowest BCUT2D eigenvalue weighted by atomic mass is 10.2. The van der Waals surface area contributed by atoms with E-state index in [0.29, 0.717) is 6.42 Å². The largest absolute Gasteiger partial charge is 0.490 e. The van der Waals surface area contributed by atoms with Gasteiger partial charge in [-0.25, -0.2) is 0 Å². The van der Waals surface area contributed by atoms with Gasteiger partial charge in [0.05, 0.1) is 5.56 Å². The highest BCUT2D eigenvalue weighted by Crippen LogP contribution is 2.35. The van der Waals surface area contributed by atoms with Gasteiger partial charge in [0.15, 0.2) is 0 Å². The van der Waals surface area contributed by atoms with Gasteiger partial charge >= 0.3 is 12.1 Å². The molecule has 130 valence electrons. The summed E-state index contributed by atoms with van der Waals surface area (Å²) >= 11 is 0. The van der Waals surface area contributed by atoms with Gasteiger partial charge in [-0.15, -0.1) is 0 Å². The molecule has 1 aromatic rings. The Morgan fingerprint density at radius 1 is 1.35 bits per heavy atom. The molecule has 2 N–H and O–H groups in total. The number of rotatable bonds is 8. The Morgan fingerprint density at radius 3 is 2.48 bits per heavy atom. The van der Waals surface area contributed by atoms with Crippen LogP contribution in [0.25, 0.3) is 0 Å². The number of likely N-dealkylation sites (N-methyl/N-ethyl adjacent to an activating group) is 1. The van der Waals surface area contributed by atoms with Gasteiger partial charge in [-0.2, -0.15) is 13.2 Å². The average Bonchev–Trinajstić information content (AvgIpc) is 2.44. The number of ether oxygens (including phenoxy) is 1. The maximum Gasteiger partial charge on any atom is 0.419 e. The van der Waals surface area contributed by atoms with Crippen molar-refractivity contribution in [3.05, 3.63) is 29.8 Å². The highest BCUT2D eigenvalue weighted by molar-refractivity contribution is 5.73. The van der Waals surface area contributed by atoms with E-state index in [-0.39, 0.29) is 18.9 Å². The third kappa shape index (κ3) is 5.72. The molecule has 0 aromatic heterocycles. The molecule has 5 nitrogen and oxygen atoms in total. The number of aliphatic hydroxyl groups is 1. The minimum absolute atomic E-state index is 0.0288. The minimum atomic E-state index is -4.55. The van der Waals surface area contributed by atoms with Gasteiger partial charge in [0, 0.05) is 6.54 Å². The van der Waals surface area contributed by atoms with Crippen molar-refractivity contribution in [3.63, 3.8) is 0 Å². The van der Waals surface area contributed by atoms with Crippen LogP contribution in [0.15, 0.2) is 24.3 Å². The van der Waals surface area contributed by atoms with Crippen LogP contribution < -0.4 is 4.74 Å². The van der Waals surface area contributed by atoms with Gasteiger partial charge in [0.25, 0.3) is 0 Å². The Hall–Kier alpha value is -1.80. The first-order chi connectivity index (χ1) is 10.7. The molecule has 8 heteroatoms. The Balaban J connectivity index is 2.64. The van der Waals surface area contributed by atoms with Crippen LogP contribution in [0, 0.1) is 0 Å². The van der Waals surface area contributed by atoms with Crippen molar-refractivity contribution in [2.24, 2.45) is 0 Å². The molecule has 1 aromatic carbocycles. The van der Waals surface area contributed by atoms with E-state index in [1.54, 1.807) is 6.92 Å². The maximum atomic E-state index is 12.8. The summed E-state index contributed by atoms with van der Waals surface area (Å²) in [5.41, 5.74) is -0.919. The molecule has 0 heterocycles. The summed E-state index contributed by atoms with van der Waals surface area (Å²) in [4.78, 5) is 12.4. The molecule has 0 bridgehead atoms. The zero-order chi connectivity index (χ0) is 17.6. The second-order valence-corrected chi connectivity index (χ2v) is 5.16. The fourth-order valence-corrected chi connectivity index (χ4v) is 2.20. The van der Waals surface area contributed by atoms with Crippen molar-refractivity contribution < 1.29 is 32.9 Å².